The topological polar surface area (TPSA) is 12.0 Å². The molecular weight excluding hydrogens is 363 g/mol. The van der Waals surface area contributed by atoms with Gasteiger partial charge in [0.25, 0.3) is 0 Å². The maximum absolute atomic E-state index is 14.1. The molecule has 0 radical (unpaired) electrons. The molecule has 1 atom stereocenters. The molecule has 6 heteroatoms. The van der Waals surface area contributed by atoms with Crippen LogP contribution >= 0.6 is 27.7 Å². The fourth-order valence-electron chi connectivity index (χ4n) is 1.88. The van der Waals surface area contributed by atoms with E-state index in [1.807, 2.05) is 0 Å². The molecule has 0 aliphatic carbocycles. The molecule has 112 valence electrons. The zero-order chi connectivity index (χ0) is 15.4. The van der Waals surface area contributed by atoms with E-state index in [0.717, 1.165) is 4.90 Å². The maximum Gasteiger partial charge on any atom is 0.145 e. The molecule has 0 aliphatic rings. The molecule has 0 bridgehead atoms. The lowest BCUT2D eigenvalue weighted by Gasteiger charge is -2.18. The van der Waals surface area contributed by atoms with Gasteiger partial charge in [0.1, 0.15) is 17.5 Å². The first-order valence-electron chi connectivity index (χ1n) is 6.22. The van der Waals surface area contributed by atoms with E-state index in [2.05, 4.69) is 21.2 Å². The molecule has 1 nitrogen and oxygen atoms in total. The SMILES string of the molecule is CNC(CSc1ccc(F)cc1)c1c(F)ccc(Br)c1F. The number of halogens is 4. The summed E-state index contributed by atoms with van der Waals surface area (Å²) in [6.45, 7) is 0. The molecule has 1 unspecified atom stereocenters. The maximum atomic E-state index is 14.1. The van der Waals surface area contributed by atoms with E-state index in [-0.39, 0.29) is 15.9 Å². The van der Waals surface area contributed by atoms with Gasteiger partial charge < -0.3 is 5.32 Å². The Morgan fingerprint density at radius 2 is 1.76 bits per heavy atom. The molecule has 0 saturated heterocycles. The predicted molar refractivity (Wildman–Crippen MR) is 83.0 cm³/mol. The van der Waals surface area contributed by atoms with Gasteiger partial charge in [-0.2, -0.15) is 0 Å². The van der Waals surface area contributed by atoms with Gasteiger partial charge in [-0.1, -0.05) is 0 Å². The van der Waals surface area contributed by atoms with Crippen molar-refractivity contribution < 1.29 is 13.2 Å². The summed E-state index contributed by atoms with van der Waals surface area (Å²) in [5.74, 6) is -1.08. The van der Waals surface area contributed by atoms with Crippen molar-refractivity contribution in [2.75, 3.05) is 12.8 Å². The van der Waals surface area contributed by atoms with Gasteiger partial charge in [0.2, 0.25) is 0 Å². The molecule has 0 aromatic heterocycles. The molecule has 2 aromatic carbocycles. The summed E-state index contributed by atoms with van der Waals surface area (Å²) in [7, 11) is 1.65. The molecule has 0 heterocycles. The van der Waals surface area contributed by atoms with Crippen LogP contribution in [0.3, 0.4) is 0 Å². The second-order valence-corrected chi connectivity index (χ2v) is 6.31. The van der Waals surface area contributed by atoms with E-state index in [0.29, 0.717) is 5.75 Å². The Kier molecular flexibility index (Phi) is 5.72. The lowest BCUT2D eigenvalue weighted by molar-refractivity contribution is 0.510. The van der Waals surface area contributed by atoms with E-state index in [1.165, 1.54) is 36.0 Å². The summed E-state index contributed by atoms with van der Waals surface area (Å²) in [5.41, 5.74) is 0.00138. The Morgan fingerprint density at radius 3 is 2.38 bits per heavy atom. The smallest absolute Gasteiger partial charge is 0.145 e. The normalized spacial score (nSPS) is 12.4. The van der Waals surface area contributed by atoms with E-state index in [4.69, 9.17) is 0 Å². The number of rotatable bonds is 5. The summed E-state index contributed by atoms with van der Waals surface area (Å²) >= 11 is 4.47. The van der Waals surface area contributed by atoms with Crippen LogP contribution in [0.25, 0.3) is 0 Å². The number of benzene rings is 2. The first kappa shape index (κ1) is 16.4. The van der Waals surface area contributed by atoms with Crippen molar-refractivity contribution in [3.8, 4) is 0 Å². The van der Waals surface area contributed by atoms with Crippen molar-refractivity contribution in [3.63, 3.8) is 0 Å². The monoisotopic (exact) mass is 375 g/mol. The van der Waals surface area contributed by atoms with Gasteiger partial charge in [0.05, 0.1) is 4.47 Å². The molecule has 0 amide bonds. The zero-order valence-electron chi connectivity index (χ0n) is 11.2. The van der Waals surface area contributed by atoms with Crippen LogP contribution in [0.1, 0.15) is 11.6 Å². The Morgan fingerprint density at radius 1 is 1.10 bits per heavy atom. The van der Waals surface area contributed by atoms with Crippen molar-refractivity contribution in [2.45, 2.75) is 10.9 Å². The molecule has 0 spiro atoms. The van der Waals surface area contributed by atoms with Crippen LogP contribution in [-0.4, -0.2) is 12.8 Å². The number of hydrogen-bond acceptors (Lipinski definition) is 2. The molecule has 2 aromatic rings. The Labute approximate surface area is 134 Å². The fourth-order valence-corrected chi connectivity index (χ4v) is 3.25. The van der Waals surface area contributed by atoms with Crippen molar-refractivity contribution in [3.05, 3.63) is 63.9 Å². The molecular formula is C15H13BrF3NS. The fraction of sp³-hybridized carbons (Fsp3) is 0.200. The minimum atomic E-state index is -0.603. The molecule has 1 N–H and O–H groups in total. The first-order chi connectivity index (χ1) is 10.0. The van der Waals surface area contributed by atoms with Crippen LogP contribution in [0.2, 0.25) is 0 Å². The third-order valence-electron chi connectivity index (χ3n) is 3.01. The van der Waals surface area contributed by atoms with Gasteiger partial charge in [-0.25, -0.2) is 13.2 Å². The van der Waals surface area contributed by atoms with Crippen molar-refractivity contribution in [1.82, 2.24) is 5.32 Å². The van der Waals surface area contributed by atoms with E-state index in [1.54, 1.807) is 19.2 Å². The van der Waals surface area contributed by atoms with Crippen LogP contribution < -0.4 is 5.32 Å². The van der Waals surface area contributed by atoms with Crippen LogP contribution in [0.5, 0.6) is 0 Å². The Balaban J connectivity index is 2.17. The highest BCUT2D eigenvalue weighted by atomic mass is 79.9. The Hall–Kier alpha value is -0.980. The van der Waals surface area contributed by atoms with Gasteiger partial charge in [-0.15, -0.1) is 11.8 Å². The number of hydrogen-bond donors (Lipinski definition) is 1. The molecule has 0 saturated carbocycles. The van der Waals surface area contributed by atoms with Crippen LogP contribution in [0.4, 0.5) is 13.2 Å². The summed E-state index contributed by atoms with van der Waals surface area (Å²) < 4.78 is 41.0. The lowest BCUT2D eigenvalue weighted by Crippen LogP contribution is -2.21. The van der Waals surface area contributed by atoms with Crippen molar-refractivity contribution in [2.24, 2.45) is 0 Å². The van der Waals surface area contributed by atoms with E-state index >= 15 is 0 Å². The number of thioether (sulfide) groups is 1. The predicted octanol–water partition coefficient (Wildman–Crippen LogP) is 4.92. The van der Waals surface area contributed by atoms with E-state index < -0.39 is 17.7 Å². The largest absolute Gasteiger partial charge is 0.312 e. The minimum absolute atomic E-state index is 0.00138. The summed E-state index contributed by atoms with van der Waals surface area (Å²) in [6, 6.07) is 8.08. The molecule has 0 fully saturated rings. The third-order valence-corrected chi connectivity index (χ3v) is 4.72. The second-order valence-electron chi connectivity index (χ2n) is 4.36. The van der Waals surface area contributed by atoms with Crippen molar-refractivity contribution in [1.29, 1.82) is 0 Å². The minimum Gasteiger partial charge on any atom is -0.312 e. The highest BCUT2D eigenvalue weighted by Crippen LogP contribution is 2.30. The standard InChI is InChI=1S/C15H13BrF3NS/c1-20-13(8-21-10-4-2-9(17)3-5-10)14-12(18)7-6-11(16)15(14)19/h2-7,13,20H,8H2,1H3. The van der Waals surface area contributed by atoms with Gasteiger partial charge in [0.15, 0.2) is 0 Å². The zero-order valence-corrected chi connectivity index (χ0v) is 13.6. The van der Waals surface area contributed by atoms with Crippen molar-refractivity contribution >= 4 is 27.7 Å². The molecule has 2 rings (SSSR count). The van der Waals surface area contributed by atoms with Gasteiger partial charge in [-0.3, -0.25) is 0 Å². The summed E-state index contributed by atoms with van der Waals surface area (Å²) in [5, 5.41) is 2.91. The molecule has 21 heavy (non-hydrogen) atoms. The van der Waals surface area contributed by atoms with Gasteiger partial charge in [-0.05, 0) is 59.4 Å². The Bertz CT molecular complexity index is 619. The van der Waals surface area contributed by atoms with Crippen LogP contribution in [0, 0.1) is 17.5 Å². The highest BCUT2D eigenvalue weighted by molar-refractivity contribution is 9.10. The first-order valence-corrected chi connectivity index (χ1v) is 7.99. The average Bonchev–Trinajstić information content (AvgIpc) is 2.48. The average molecular weight is 376 g/mol. The quantitative estimate of drug-likeness (QED) is 0.587. The van der Waals surface area contributed by atoms with Gasteiger partial charge in [0, 0.05) is 22.3 Å². The van der Waals surface area contributed by atoms with Crippen LogP contribution in [-0.2, 0) is 0 Å². The number of nitrogens with one attached hydrogen (secondary N) is 1. The highest BCUT2D eigenvalue weighted by Gasteiger charge is 2.21. The third kappa shape index (κ3) is 4.02. The van der Waals surface area contributed by atoms with Crippen LogP contribution in [0.15, 0.2) is 45.8 Å². The lowest BCUT2D eigenvalue weighted by atomic mass is 10.1. The van der Waals surface area contributed by atoms with E-state index in [9.17, 15) is 13.2 Å². The molecule has 0 aliphatic heterocycles. The summed E-state index contributed by atoms with van der Waals surface area (Å²) in [6.07, 6.45) is 0. The van der Waals surface area contributed by atoms with Gasteiger partial charge >= 0.3 is 0 Å². The second kappa shape index (κ2) is 7.33. The summed E-state index contributed by atoms with van der Waals surface area (Å²) in [4.78, 5) is 0.840.